The van der Waals surface area contributed by atoms with E-state index in [1.165, 1.54) is 22.5 Å². The predicted octanol–water partition coefficient (Wildman–Crippen LogP) is 6.05. The molecular formula is C28H33N3O3S. The van der Waals surface area contributed by atoms with Crippen LogP contribution in [-0.2, 0) is 30.5 Å². The zero-order chi connectivity index (χ0) is 25.0. The molecule has 184 valence electrons. The zero-order valence-electron chi connectivity index (χ0n) is 20.6. The van der Waals surface area contributed by atoms with Crippen LogP contribution < -0.4 is 11.1 Å². The van der Waals surface area contributed by atoms with E-state index in [1.54, 1.807) is 4.90 Å². The molecule has 2 heterocycles. The number of nitrogens with two attached hydrogens (primary N) is 1. The van der Waals surface area contributed by atoms with Gasteiger partial charge in [-0.15, -0.1) is 11.3 Å². The second-order valence-corrected chi connectivity index (χ2v) is 11.0. The fraction of sp³-hybridized carbons (Fsp3) is 0.357. The Hall–Kier alpha value is -3.32. The second kappa shape index (κ2) is 10.5. The molecule has 0 aliphatic carbocycles. The number of carbonyl (C=O) groups is 2. The quantitative estimate of drug-likeness (QED) is 0.439. The molecule has 0 unspecified atom stereocenters. The summed E-state index contributed by atoms with van der Waals surface area (Å²) in [6.07, 6.45) is 3.35. The number of rotatable bonds is 6. The molecule has 3 N–H and O–H groups in total. The lowest BCUT2D eigenvalue weighted by Gasteiger charge is -2.30. The fourth-order valence-corrected chi connectivity index (χ4v) is 5.38. The maximum atomic E-state index is 13.1. The van der Waals surface area contributed by atoms with Gasteiger partial charge in [0.15, 0.2) is 0 Å². The number of ether oxygens (including phenoxy) is 1. The molecule has 6 nitrogen and oxygen atoms in total. The van der Waals surface area contributed by atoms with Crippen LogP contribution in [0, 0.1) is 0 Å². The first kappa shape index (κ1) is 24.8. The van der Waals surface area contributed by atoms with E-state index in [-0.39, 0.29) is 12.0 Å². The summed E-state index contributed by atoms with van der Waals surface area (Å²) < 4.78 is 5.49. The lowest BCUT2D eigenvalue weighted by molar-refractivity contribution is 0.0226. The van der Waals surface area contributed by atoms with Crippen molar-refractivity contribution in [3.8, 4) is 0 Å². The number of aryl methyl sites for hydroxylation is 2. The maximum Gasteiger partial charge on any atom is 0.410 e. The van der Waals surface area contributed by atoms with Gasteiger partial charge >= 0.3 is 6.09 Å². The molecule has 0 fully saturated rings. The first-order chi connectivity index (χ1) is 16.7. The number of amides is 2. The summed E-state index contributed by atoms with van der Waals surface area (Å²) in [4.78, 5) is 28.2. The smallest absolute Gasteiger partial charge is 0.410 e. The topological polar surface area (TPSA) is 84.7 Å². The minimum Gasteiger partial charge on any atom is -0.444 e. The zero-order valence-corrected chi connectivity index (χ0v) is 21.4. The Kier molecular flexibility index (Phi) is 7.45. The Balaban J connectivity index is 1.35. The second-order valence-electron chi connectivity index (χ2n) is 9.89. The van der Waals surface area contributed by atoms with E-state index in [0.717, 1.165) is 35.4 Å². The first-order valence-corrected chi connectivity index (χ1v) is 12.8. The molecule has 0 bridgehead atoms. The number of benzene rings is 2. The van der Waals surface area contributed by atoms with Crippen LogP contribution in [0.3, 0.4) is 0 Å². The van der Waals surface area contributed by atoms with Gasteiger partial charge in [-0.3, -0.25) is 4.79 Å². The lowest BCUT2D eigenvalue weighted by Crippen LogP contribution is -2.39. The van der Waals surface area contributed by atoms with Crippen LogP contribution >= 0.6 is 11.3 Å². The highest BCUT2D eigenvalue weighted by molar-refractivity contribution is 7.16. The highest BCUT2D eigenvalue weighted by Gasteiger charge is 2.31. The predicted molar refractivity (Wildman–Crippen MR) is 142 cm³/mol. The largest absolute Gasteiger partial charge is 0.444 e. The number of hydrogen-bond donors (Lipinski definition) is 2. The summed E-state index contributed by atoms with van der Waals surface area (Å²) in [6, 6.07) is 18.5. The number of nitrogens with one attached hydrogen (secondary N) is 1. The number of anilines is 2. The highest BCUT2D eigenvalue weighted by Crippen LogP contribution is 2.36. The van der Waals surface area contributed by atoms with Gasteiger partial charge in [-0.2, -0.15) is 0 Å². The van der Waals surface area contributed by atoms with Crippen molar-refractivity contribution in [1.29, 1.82) is 0 Å². The average molecular weight is 492 g/mol. The van der Waals surface area contributed by atoms with Crippen molar-refractivity contribution < 1.29 is 14.3 Å². The normalized spacial score (nSPS) is 13.3. The van der Waals surface area contributed by atoms with Gasteiger partial charge in [0.05, 0.1) is 17.1 Å². The molecule has 1 aromatic heterocycles. The van der Waals surface area contributed by atoms with Crippen LogP contribution in [0.25, 0.3) is 0 Å². The van der Waals surface area contributed by atoms with E-state index in [1.807, 2.05) is 39.0 Å². The molecule has 2 amide bonds. The van der Waals surface area contributed by atoms with Crippen molar-refractivity contribution in [2.75, 3.05) is 17.6 Å². The Morgan fingerprint density at radius 2 is 1.69 bits per heavy atom. The van der Waals surface area contributed by atoms with Gasteiger partial charge in [0.2, 0.25) is 0 Å². The molecule has 4 rings (SSSR count). The molecule has 0 radical (unpaired) electrons. The molecule has 0 saturated carbocycles. The van der Waals surface area contributed by atoms with Gasteiger partial charge in [0.25, 0.3) is 5.91 Å². The van der Waals surface area contributed by atoms with Crippen LogP contribution in [0.1, 0.15) is 59.1 Å². The number of nitrogen functional groups attached to an aromatic ring is 1. The van der Waals surface area contributed by atoms with E-state index >= 15 is 0 Å². The first-order valence-electron chi connectivity index (χ1n) is 12.0. The van der Waals surface area contributed by atoms with E-state index in [2.05, 4.69) is 41.7 Å². The van der Waals surface area contributed by atoms with Crippen molar-refractivity contribution in [2.45, 2.75) is 58.6 Å². The third-order valence-corrected chi connectivity index (χ3v) is 6.99. The molecule has 0 spiro atoms. The van der Waals surface area contributed by atoms with Gasteiger partial charge in [0.1, 0.15) is 5.60 Å². The van der Waals surface area contributed by atoms with Crippen molar-refractivity contribution in [2.24, 2.45) is 0 Å². The molecule has 0 saturated heterocycles. The van der Waals surface area contributed by atoms with Crippen LogP contribution in [0.2, 0.25) is 0 Å². The van der Waals surface area contributed by atoms with E-state index in [4.69, 9.17) is 10.5 Å². The number of thiophene rings is 1. The summed E-state index contributed by atoms with van der Waals surface area (Å²) in [5.41, 5.74) is 10.5. The number of hydrogen-bond acceptors (Lipinski definition) is 5. The van der Waals surface area contributed by atoms with Gasteiger partial charge in [-0.1, -0.05) is 42.5 Å². The summed E-state index contributed by atoms with van der Waals surface area (Å²) in [6.45, 7) is 6.45. The van der Waals surface area contributed by atoms with Gasteiger partial charge < -0.3 is 20.7 Å². The summed E-state index contributed by atoms with van der Waals surface area (Å²) in [5, 5.41) is 3.47. The summed E-state index contributed by atoms with van der Waals surface area (Å²) >= 11 is 1.37. The van der Waals surface area contributed by atoms with Gasteiger partial charge in [-0.25, -0.2) is 4.79 Å². The molecule has 35 heavy (non-hydrogen) atoms. The summed E-state index contributed by atoms with van der Waals surface area (Å²) in [5.74, 6) is -0.206. The lowest BCUT2D eigenvalue weighted by atomic mass is 10.0. The van der Waals surface area contributed by atoms with E-state index in [0.29, 0.717) is 30.1 Å². The SMILES string of the molecule is CC(C)(C)OC(=O)N1CCc2c(sc(N)c2C(=O)Nc2ccc(CCCc3ccccc3)cc2)C1. The Morgan fingerprint density at radius 1 is 1.03 bits per heavy atom. The van der Waals surface area contributed by atoms with Crippen molar-refractivity contribution in [3.05, 3.63) is 81.7 Å². The fourth-order valence-electron chi connectivity index (χ4n) is 4.25. The van der Waals surface area contributed by atoms with Crippen molar-refractivity contribution in [1.82, 2.24) is 4.90 Å². The molecule has 1 aliphatic rings. The average Bonchev–Trinajstić information content (AvgIpc) is 3.14. The number of carbonyl (C=O) groups excluding carboxylic acids is 2. The van der Waals surface area contributed by atoms with Gasteiger partial charge in [-0.05, 0) is 75.3 Å². The Labute approximate surface area is 211 Å². The summed E-state index contributed by atoms with van der Waals surface area (Å²) in [7, 11) is 0. The van der Waals surface area contributed by atoms with Crippen LogP contribution in [-0.4, -0.2) is 29.0 Å². The van der Waals surface area contributed by atoms with E-state index in [9.17, 15) is 9.59 Å². The molecule has 1 aliphatic heterocycles. The monoisotopic (exact) mass is 491 g/mol. The van der Waals surface area contributed by atoms with Crippen LogP contribution in [0.4, 0.5) is 15.5 Å². The number of nitrogens with zero attached hydrogens (tertiary/aromatic N) is 1. The minimum absolute atomic E-state index is 0.206. The van der Waals surface area contributed by atoms with Crippen LogP contribution in [0.15, 0.2) is 54.6 Å². The van der Waals surface area contributed by atoms with Gasteiger partial charge in [0, 0.05) is 17.1 Å². The third kappa shape index (κ3) is 6.42. The van der Waals surface area contributed by atoms with Crippen LogP contribution in [0.5, 0.6) is 0 Å². The molecule has 0 atom stereocenters. The van der Waals surface area contributed by atoms with Crippen molar-refractivity contribution in [3.63, 3.8) is 0 Å². The Bertz CT molecular complexity index is 1180. The molecule has 2 aromatic carbocycles. The van der Waals surface area contributed by atoms with E-state index < -0.39 is 5.60 Å². The Morgan fingerprint density at radius 3 is 2.34 bits per heavy atom. The molecule has 7 heteroatoms. The third-order valence-electron chi connectivity index (χ3n) is 5.95. The van der Waals surface area contributed by atoms with Crippen molar-refractivity contribution >= 4 is 34.0 Å². The molecule has 3 aromatic rings. The highest BCUT2D eigenvalue weighted by atomic mass is 32.1. The minimum atomic E-state index is -0.547. The number of fused-ring (bicyclic) bond motifs is 1. The maximum absolute atomic E-state index is 13.1. The molecular weight excluding hydrogens is 458 g/mol. The standard InChI is InChI=1S/C28H33N3O3S/c1-28(2,3)34-27(33)31-17-16-22-23(18-31)35-25(29)24(22)26(32)30-21-14-12-20(13-15-21)11-7-10-19-8-5-4-6-9-19/h4-6,8-9,12-15H,7,10-11,16-18,29H2,1-3H3,(H,30,32).